The van der Waals surface area contributed by atoms with Gasteiger partial charge in [0.25, 0.3) is 5.91 Å². The minimum atomic E-state index is -0.916. The highest BCUT2D eigenvalue weighted by molar-refractivity contribution is 6.30. The number of hydrogen-bond donors (Lipinski definition) is 1. The van der Waals surface area contributed by atoms with Crippen LogP contribution in [0.3, 0.4) is 0 Å². The second kappa shape index (κ2) is 5.21. The van der Waals surface area contributed by atoms with Crippen LogP contribution in [0.25, 0.3) is 0 Å². The number of benzene rings is 1. The summed E-state index contributed by atoms with van der Waals surface area (Å²) < 4.78 is 10.00. The van der Waals surface area contributed by atoms with E-state index in [0.29, 0.717) is 21.9 Å². The van der Waals surface area contributed by atoms with Crippen molar-refractivity contribution >= 4 is 29.3 Å². The first-order valence-electron chi connectivity index (χ1n) is 6.26. The molecule has 0 saturated heterocycles. The predicted octanol–water partition coefficient (Wildman–Crippen LogP) is 2.36. The van der Waals surface area contributed by atoms with Crippen molar-refractivity contribution in [2.24, 2.45) is 0 Å². The average molecular weight is 307 g/mol. The standard InChI is InChI=1S/C14H11ClN2O4/c1-7-4-12(17-21-7)16-13(18)11-6-8-5-9(15)2-3-10(8)14(19)20-11/h2-5,11H,6H2,1H3,(H,16,17,18)/t11-/m0/s1. The fourth-order valence-corrected chi connectivity index (χ4v) is 2.34. The Balaban J connectivity index is 1.78. The smallest absolute Gasteiger partial charge is 0.339 e. The van der Waals surface area contributed by atoms with Crippen LogP contribution >= 0.6 is 11.6 Å². The summed E-state index contributed by atoms with van der Waals surface area (Å²) in [7, 11) is 0. The van der Waals surface area contributed by atoms with Gasteiger partial charge in [0, 0.05) is 17.5 Å². The largest absolute Gasteiger partial charge is 0.448 e. The number of anilines is 1. The summed E-state index contributed by atoms with van der Waals surface area (Å²) in [5.41, 5.74) is 1.12. The number of ether oxygens (including phenoxy) is 1. The van der Waals surface area contributed by atoms with E-state index in [1.165, 1.54) is 0 Å². The number of nitrogens with zero attached hydrogens (tertiary/aromatic N) is 1. The van der Waals surface area contributed by atoms with E-state index in [1.807, 2.05) is 0 Å². The molecule has 1 aromatic heterocycles. The van der Waals surface area contributed by atoms with Crippen LogP contribution in [0.15, 0.2) is 28.8 Å². The van der Waals surface area contributed by atoms with Crippen LogP contribution in [0, 0.1) is 6.92 Å². The van der Waals surface area contributed by atoms with Gasteiger partial charge in [0.2, 0.25) is 0 Å². The third kappa shape index (κ3) is 2.75. The van der Waals surface area contributed by atoms with E-state index in [2.05, 4.69) is 10.5 Å². The maximum atomic E-state index is 12.1. The summed E-state index contributed by atoms with van der Waals surface area (Å²) >= 11 is 5.91. The zero-order valence-corrected chi connectivity index (χ0v) is 11.8. The molecule has 3 rings (SSSR count). The number of rotatable bonds is 2. The number of carbonyl (C=O) groups is 2. The molecule has 1 amide bonds. The summed E-state index contributed by atoms with van der Waals surface area (Å²) in [6, 6.07) is 6.44. The van der Waals surface area contributed by atoms with E-state index in [1.54, 1.807) is 31.2 Å². The molecule has 2 heterocycles. The van der Waals surface area contributed by atoms with Crippen molar-refractivity contribution < 1.29 is 18.8 Å². The minimum absolute atomic E-state index is 0.268. The molecule has 1 N–H and O–H groups in total. The van der Waals surface area contributed by atoms with Gasteiger partial charge in [0.1, 0.15) is 5.76 Å². The Bertz CT molecular complexity index is 726. The summed E-state index contributed by atoms with van der Waals surface area (Å²) in [6.45, 7) is 1.71. The van der Waals surface area contributed by atoms with Crippen LogP contribution in [0.4, 0.5) is 5.82 Å². The normalized spacial score (nSPS) is 17.0. The predicted molar refractivity (Wildman–Crippen MR) is 74.2 cm³/mol. The molecule has 0 radical (unpaired) electrons. The molecule has 1 aliphatic heterocycles. The second-order valence-corrected chi connectivity index (χ2v) is 5.15. The Morgan fingerprint density at radius 3 is 2.95 bits per heavy atom. The van der Waals surface area contributed by atoms with Crippen molar-refractivity contribution in [1.82, 2.24) is 5.16 Å². The van der Waals surface area contributed by atoms with E-state index >= 15 is 0 Å². The second-order valence-electron chi connectivity index (χ2n) is 4.71. The summed E-state index contributed by atoms with van der Waals surface area (Å²) in [5.74, 6) is -0.139. The number of carbonyl (C=O) groups excluding carboxylic acids is 2. The highest BCUT2D eigenvalue weighted by Crippen LogP contribution is 2.24. The molecule has 0 saturated carbocycles. The van der Waals surface area contributed by atoms with E-state index < -0.39 is 18.0 Å². The number of aryl methyl sites for hydroxylation is 1. The molecule has 1 aromatic carbocycles. The maximum Gasteiger partial charge on any atom is 0.339 e. The number of nitrogens with one attached hydrogen (secondary N) is 1. The van der Waals surface area contributed by atoms with Crippen molar-refractivity contribution in [3.63, 3.8) is 0 Å². The zero-order valence-electron chi connectivity index (χ0n) is 11.1. The first-order chi connectivity index (χ1) is 10.0. The lowest BCUT2D eigenvalue weighted by atomic mass is 9.98. The number of fused-ring (bicyclic) bond motifs is 1. The third-order valence-electron chi connectivity index (χ3n) is 3.11. The molecule has 0 aliphatic carbocycles. The van der Waals surface area contributed by atoms with Crippen molar-refractivity contribution in [2.45, 2.75) is 19.4 Å². The average Bonchev–Trinajstić information content (AvgIpc) is 2.83. The lowest BCUT2D eigenvalue weighted by Crippen LogP contribution is -2.38. The van der Waals surface area contributed by atoms with Crippen LogP contribution in [0.1, 0.15) is 21.7 Å². The SMILES string of the molecule is Cc1cc(NC(=O)[C@@H]2Cc3cc(Cl)ccc3C(=O)O2)no1. The van der Waals surface area contributed by atoms with Crippen LogP contribution in [-0.2, 0) is 16.0 Å². The summed E-state index contributed by atoms with van der Waals surface area (Å²) in [5, 5.41) is 6.71. The molecule has 0 spiro atoms. The molecule has 1 atom stereocenters. The molecule has 6 nitrogen and oxygen atoms in total. The number of halogens is 1. The van der Waals surface area contributed by atoms with Crippen molar-refractivity contribution in [3.05, 3.63) is 46.2 Å². The number of amides is 1. The molecule has 0 bridgehead atoms. The first-order valence-corrected chi connectivity index (χ1v) is 6.64. The molecule has 1 aliphatic rings. The highest BCUT2D eigenvalue weighted by atomic mass is 35.5. The van der Waals surface area contributed by atoms with Crippen molar-refractivity contribution in [2.75, 3.05) is 5.32 Å². The molecule has 7 heteroatoms. The zero-order chi connectivity index (χ0) is 15.0. The topological polar surface area (TPSA) is 81.4 Å². The quantitative estimate of drug-likeness (QED) is 0.861. The molecule has 108 valence electrons. The third-order valence-corrected chi connectivity index (χ3v) is 3.35. The van der Waals surface area contributed by atoms with Crippen LogP contribution in [-0.4, -0.2) is 23.1 Å². The Morgan fingerprint density at radius 2 is 2.24 bits per heavy atom. The van der Waals surface area contributed by atoms with Gasteiger partial charge < -0.3 is 14.6 Å². The van der Waals surface area contributed by atoms with Gasteiger partial charge in [-0.05, 0) is 30.7 Å². The van der Waals surface area contributed by atoms with Gasteiger partial charge in [0.05, 0.1) is 5.56 Å². The number of esters is 1. The highest BCUT2D eigenvalue weighted by Gasteiger charge is 2.31. The fraction of sp³-hybridized carbons (Fsp3) is 0.214. The monoisotopic (exact) mass is 306 g/mol. The van der Waals surface area contributed by atoms with Crippen molar-refractivity contribution in [3.8, 4) is 0 Å². The van der Waals surface area contributed by atoms with Gasteiger partial charge in [-0.2, -0.15) is 0 Å². The van der Waals surface area contributed by atoms with E-state index in [4.69, 9.17) is 20.9 Å². The molecule has 21 heavy (non-hydrogen) atoms. The Labute approximate surface area is 125 Å². The summed E-state index contributed by atoms with van der Waals surface area (Å²) in [6.07, 6.45) is -0.648. The van der Waals surface area contributed by atoms with Gasteiger partial charge >= 0.3 is 5.97 Å². The van der Waals surface area contributed by atoms with E-state index in [0.717, 1.165) is 0 Å². The molecular weight excluding hydrogens is 296 g/mol. The number of aromatic nitrogens is 1. The fourth-order valence-electron chi connectivity index (χ4n) is 2.14. The van der Waals surface area contributed by atoms with Crippen LogP contribution in [0.5, 0.6) is 0 Å². The van der Waals surface area contributed by atoms with Gasteiger partial charge in [0.15, 0.2) is 11.9 Å². The maximum absolute atomic E-state index is 12.1. The Morgan fingerprint density at radius 1 is 1.43 bits per heavy atom. The van der Waals surface area contributed by atoms with E-state index in [9.17, 15) is 9.59 Å². The van der Waals surface area contributed by atoms with E-state index in [-0.39, 0.29) is 12.2 Å². The van der Waals surface area contributed by atoms with Gasteiger partial charge in [-0.3, -0.25) is 4.79 Å². The van der Waals surface area contributed by atoms with Gasteiger partial charge in [-0.25, -0.2) is 4.79 Å². The molecule has 2 aromatic rings. The first kappa shape index (κ1) is 13.6. The minimum Gasteiger partial charge on any atom is -0.448 e. The summed E-state index contributed by atoms with van der Waals surface area (Å²) in [4.78, 5) is 24.0. The molecule has 0 unspecified atom stereocenters. The van der Waals surface area contributed by atoms with Crippen molar-refractivity contribution in [1.29, 1.82) is 0 Å². The number of hydrogen-bond acceptors (Lipinski definition) is 5. The Hall–Kier alpha value is -2.34. The molecular formula is C14H11ClN2O4. The van der Waals surface area contributed by atoms with Crippen LogP contribution in [0.2, 0.25) is 5.02 Å². The number of cyclic esters (lactones) is 1. The molecule has 0 fully saturated rings. The lowest BCUT2D eigenvalue weighted by Gasteiger charge is -2.23. The lowest BCUT2D eigenvalue weighted by molar-refractivity contribution is -0.125. The Kier molecular flexibility index (Phi) is 3.39. The van der Waals surface area contributed by atoms with Gasteiger partial charge in [-0.15, -0.1) is 0 Å². The van der Waals surface area contributed by atoms with Gasteiger partial charge in [-0.1, -0.05) is 16.8 Å². The van der Waals surface area contributed by atoms with Crippen LogP contribution < -0.4 is 5.32 Å².